The molecule has 0 saturated carbocycles. The first kappa shape index (κ1) is 21.0. The van der Waals surface area contributed by atoms with Gasteiger partial charge in [0.2, 0.25) is 5.91 Å². The summed E-state index contributed by atoms with van der Waals surface area (Å²) >= 11 is 0. The Morgan fingerprint density at radius 3 is 2.16 bits per heavy atom. The van der Waals surface area contributed by atoms with Gasteiger partial charge in [-0.2, -0.15) is 0 Å². The van der Waals surface area contributed by atoms with E-state index in [1.54, 1.807) is 0 Å². The summed E-state index contributed by atoms with van der Waals surface area (Å²) in [5, 5.41) is 0. The Morgan fingerprint density at radius 2 is 1.58 bits per heavy atom. The number of piperidine rings is 1. The van der Waals surface area contributed by atoms with E-state index in [9.17, 15) is 4.79 Å². The van der Waals surface area contributed by atoms with Gasteiger partial charge in [0.25, 0.3) is 0 Å². The minimum absolute atomic E-state index is 0.0407. The Bertz CT molecular complexity index is 948. The van der Waals surface area contributed by atoms with Gasteiger partial charge in [0, 0.05) is 30.3 Å². The van der Waals surface area contributed by atoms with Gasteiger partial charge in [0.1, 0.15) is 6.10 Å². The van der Waals surface area contributed by atoms with Crippen LogP contribution >= 0.6 is 0 Å². The van der Waals surface area contributed by atoms with Gasteiger partial charge in [-0.1, -0.05) is 60.7 Å². The van der Waals surface area contributed by atoms with Gasteiger partial charge >= 0.3 is 6.01 Å². The molecule has 1 fully saturated rings. The van der Waals surface area contributed by atoms with E-state index >= 15 is 0 Å². The number of likely N-dealkylation sites (tertiary alicyclic amines) is 1. The standard InChI is InChI=1S/C26H29N3O2/c1-19-16-20(2)28-26(27-19)31-23-14-9-15-29(18-23)25(30)17-24(21-10-5-3-6-11-21)22-12-7-4-8-13-22/h3-8,10-13,16,23-24H,9,14-15,17-18H2,1-2H3. The molecular weight excluding hydrogens is 386 g/mol. The highest BCUT2D eigenvalue weighted by Gasteiger charge is 2.28. The summed E-state index contributed by atoms with van der Waals surface area (Å²) in [4.78, 5) is 24.0. The van der Waals surface area contributed by atoms with Crippen LogP contribution in [0.25, 0.3) is 0 Å². The summed E-state index contributed by atoms with van der Waals surface area (Å²) in [5.74, 6) is 0.200. The quantitative estimate of drug-likeness (QED) is 0.586. The second kappa shape index (κ2) is 9.73. The molecule has 0 bridgehead atoms. The number of amides is 1. The van der Waals surface area contributed by atoms with Crippen LogP contribution in [0.15, 0.2) is 66.7 Å². The van der Waals surface area contributed by atoms with Crippen LogP contribution in [0.3, 0.4) is 0 Å². The highest BCUT2D eigenvalue weighted by atomic mass is 16.5. The van der Waals surface area contributed by atoms with Crippen LogP contribution in [0.2, 0.25) is 0 Å². The third kappa shape index (κ3) is 5.48. The number of aromatic nitrogens is 2. The predicted molar refractivity (Wildman–Crippen MR) is 121 cm³/mol. The fourth-order valence-corrected chi connectivity index (χ4v) is 4.26. The summed E-state index contributed by atoms with van der Waals surface area (Å²) in [5.41, 5.74) is 4.10. The Kier molecular flexibility index (Phi) is 6.60. The average Bonchev–Trinajstić information content (AvgIpc) is 2.78. The number of carbonyl (C=O) groups is 1. The number of hydrogen-bond acceptors (Lipinski definition) is 4. The molecule has 1 aromatic heterocycles. The summed E-state index contributed by atoms with van der Waals surface area (Å²) < 4.78 is 6.06. The second-order valence-corrected chi connectivity index (χ2v) is 8.23. The van der Waals surface area contributed by atoms with Crippen LogP contribution in [-0.2, 0) is 4.79 Å². The molecule has 2 aromatic carbocycles. The van der Waals surface area contributed by atoms with Gasteiger partial charge in [-0.05, 0) is 43.9 Å². The van der Waals surface area contributed by atoms with E-state index in [1.165, 1.54) is 0 Å². The fraction of sp³-hybridized carbons (Fsp3) is 0.346. The molecule has 31 heavy (non-hydrogen) atoms. The summed E-state index contributed by atoms with van der Waals surface area (Å²) in [6.45, 7) is 5.21. The summed E-state index contributed by atoms with van der Waals surface area (Å²) in [7, 11) is 0. The van der Waals surface area contributed by atoms with E-state index in [0.717, 1.165) is 41.9 Å². The molecule has 1 saturated heterocycles. The topological polar surface area (TPSA) is 55.3 Å². The third-order valence-electron chi connectivity index (χ3n) is 5.75. The number of rotatable bonds is 6. The third-order valence-corrected chi connectivity index (χ3v) is 5.75. The molecular formula is C26H29N3O2. The number of ether oxygens (including phenoxy) is 1. The van der Waals surface area contributed by atoms with Crippen molar-refractivity contribution in [3.8, 4) is 6.01 Å². The van der Waals surface area contributed by atoms with E-state index < -0.39 is 0 Å². The van der Waals surface area contributed by atoms with Crippen molar-refractivity contribution in [2.45, 2.75) is 45.1 Å². The zero-order chi connectivity index (χ0) is 21.6. The van der Waals surface area contributed by atoms with Gasteiger partial charge in [-0.15, -0.1) is 0 Å². The van der Waals surface area contributed by atoms with E-state index in [-0.39, 0.29) is 17.9 Å². The molecule has 0 radical (unpaired) electrons. The van der Waals surface area contributed by atoms with E-state index in [0.29, 0.717) is 19.0 Å². The SMILES string of the molecule is Cc1cc(C)nc(OC2CCCN(C(=O)CC(c3ccccc3)c3ccccc3)C2)n1. The normalized spacial score (nSPS) is 16.4. The maximum atomic E-state index is 13.3. The maximum absolute atomic E-state index is 13.3. The molecule has 3 aromatic rings. The molecule has 0 spiro atoms. The van der Waals surface area contributed by atoms with Crippen molar-refractivity contribution in [1.82, 2.24) is 14.9 Å². The number of carbonyl (C=O) groups excluding carboxylic acids is 1. The zero-order valence-corrected chi connectivity index (χ0v) is 18.2. The van der Waals surface area contributed by atoms with Crippen molar-refractivity contribution in [3.05, 3.63) is 89.2 Å². The first-order valence-corrected chi connectivity index (χ1v) is 10.9. The van der Waals surface area contributed by atoms with Crippen LogP contribution in [0.1, 0.15) is 47.7 Å². The van der Waals surface area contributed by atoms with Crippen molar-refractivity contribution in [2.75, 3.05) is 13.1 Å². The molecule has 2 heterocycles. The van der Waals surface area contributed by atoms with Crippen LogP contribution < -0.4 is 4.74 Å². The molecule has 1 aliphatic heterocycles. The lowest BCUT2D eigenvalue weighted by atomic mass is 9.88. The Hall–Kier alpha value is -3.21. The minimum atomic E-state index is -0.0780. The number of benzene rings is 2. The summed E-state index contributed by atoms with van der Waals surface area (Å²) in [6.07, 6.45) is 2.19. The number of hydrogen-bond donors (Lipinski definition) is 0. The molecule has 0 N–H and O–H groups in total. The van der Waals surface area contributed by atoms with Crippen molar-refractivity contribution in [2.24, 2.45) is 0 Å². The molecule has 4 rings (SSSR count). The molecule has 1 unspecified atom stereocenters. The lowest BCUT2D eigenvalue weighted by Gasteiger charge is -2.33. The predicted octanol–water partition coefficient (Wildman–Crippen LogP) is 4.69. The zero-order valence-electron chi connectivity index (χ0n) is 18.2. The fourth-order valence-electron chi connectivity index (χ4n) is 4.26. The van der Waals surface area contributed by atoms with E-state index in [2.05, 4.69) is 34.2 Å². The van der Waals surface area contributed by atoms with Crippen LogP contribution in [0.5, 0.6) is 6.01 Å². The minimum Gasteiger partial charge on any atom is -0.458 e. The van der Waals surface area contributed by atoms with Crippen LogP contribution in [-0.4, -0.2) is 40.0 Å². The van der Waals surface area contributed by atoms with E-state index in [1.807, 2.05) is 61.2 Å². The van der Waals surface area contributed by atoms with Crippen molar-refractivity contribution >= 4 is 5.91 Å². The molecule has 5 heteroatoms. The van der Waals surface area contributed by atoms with Gasteiger partial charge in [0.15, 0.2) is 0 Å². The summed E-state index contributed by atoms with van der Waals surface area (Å²) in [6, 6.07) is 22.9. The number of aryl methyl sites for hydroxylation is 2. The average molecular weight is 416 g/mol. The lowest BCUT2D eigenvalue weighted by molar-refractivity contribution is -0.134. The highest BCUT2D eigenvalue weighted by molar-refractivity contribution is 5.78. The van der Waals surface area contributed by atoms with E-state index in [4.69, 9.17) is 4.74 Å². The maximum Gasteiger partial charge on any atom is 0.317 e. The highest BCUT2D eigenvalue weighted by Crippen LogP contribution is 2.29. The Labute approximate surface area is 184 Å². The van der Waals surface area contributed by atoms with Gasteiger partial charge < -0.3 is 9.64 Å². The smallest absolute Gasteiger partial charge is 0.317 e. The molecule has 1 atom stereocenters. The molecule has 5 nitrogen and oxygen atoms in total. The van der Waals surface area contributed by atoms with Crippen LogP contribution in [0.4, 0.5) is 0 Å². The Morgan fingerprint density at radius 1 is 1.00 bits per heavy atom. The van der Waals surface area contributed by atoms with Crippen molar-refractivity contribution < 1.29 is 9.53 Å². The van der Waals surface area contributed by atoms with Crippen molar-refractivity contribution in [1.29, 1.82) is 0 Å². The first-order chi connectivity index (χ1) is 15.1. The van der Waals surface area contributed by atoms with Crippen molar-refractivity contribution in [3.63, 3.8) is 0 Å². The Balaban J connectivity index is 1.46. The monoisotopic (exact) mass is 415 g/mol. The molecule has 0 aliphatic carbocycles. The molecule has 160 valence electrons. The van der Waals surface area contributed by atoms with Gasteiger partial charge in [0.05, 0.1) is 6.54 Å². The largest absolute Gasteiger partial charge is 0.458 e. The molecule has 1 aliphatic rings. The van der Waals surface area contributed by atoms with Gasteiger partial charge in [-0.3, -0.25) is 4.79 Å². The first-order valence-electron chi connectivity index (χ1n) is 10.9. The second-order valence-electron chi connectivity index (χ2n) is 8.23. The molecule has 1 amide bonds. The van der Waals surface area contributed by atoms with Crippen LogP contribution in [0, 0.1) is 13.8 Å². The number of nitrogens with zero attached hydrogens (tertiary/aromatic N) is 3. The van der Waals surface area contributed by atoms with Gasteiger partial charge in [-0.25, -0.2) is 9.97 Å². The lowest BCUT2D eigenvalue weighted by Crippen LogP contribution is -2.45.